The molecule has 1 amide bonds. The van der Waals surface area contributed by atoms with Crippen molar-refractivity contribution in [2.24, 2.45) is 0 Å². The zero-order valence-electron chi connectivity index (χ0n) is 16.2. The van der Waals surface area contributed by atoms with Gasteiger partial charge >= 0.3 is 0 Å². The molecule has 0 aliphatic carbocycles. The first-order valence-electron chi connectivity index (χ1n) is 9.23. The number of nitro benzene ring substituents is 1. The number of hydrogen-bond acceptors (Lipinski definition) is 5. The van der Waals surface area contributed by atoms with Gasteiger partial charge in [-0.05, 0) is 65.7 Å². The summed E-state index contributed by atoms with van der Waals surface area (Å²) < 4.78 is 40.4. The van der Waals surface area contributed by atoms with Crippen molar-refractivity contribution < 1.29 is 22.5 Å². The van der Waals surface area contributed by atoms with Crippen LogP contribution in [0.2, 0.25) is 5.02 Å². The third kappa shape index (κ3) is 3.88. The van der Waals surface area contributed by atoms with Crippen LogP contribution in [0.4, 0.5) is 15.8 Å². The maximum absolute atomic E-state index is 13.5. The molecule has 1 heterocycles. The summed E-state index contributed by atoms with van der Waals surface area (Å²) in [6, 6.07) is 16.1. The summed E-state index contributed by atoms with van der Waals surface area (Å²) in [4.78, 5) is 24.2. The van der Waals surface area contributed by atoms with E-state index in [0.29, 0.717) is 16.3 Å². The van der Waals surface area contributed by atoms with Crippen molar-refractivity contribution in [3.63, 3.8) is 0 Å². The molecular weight excluding hydrogens is 459 g/mol. The molecule has 0 aromatic heterocycles. The van der Waals surface area contributed by atoms with Crippen LogP contribution in [0.1, 0.15) is 16.5 Å². The molecule has 0 bridgehead atoms. The predicted molar refractivity (Wildman–Crippen MR) is 118 cm³/mol. The first-order valence-corrected chi connectivity index (χ1v) is 11.2. The summed E-state index contributed by atoms with van der Waals surface area (Å²) >= 11 is 5.93. The smallest absolute Gasteiger partial charge is 0.271 e. The fraction of sp³-hybridized carbons (Fsp3) is 0.0455. The van der Waals surface area contributed by atoms with Gasteiger partial charge < -0.3 is 0 Å². The van der Waals surface area contributed by atoms with Gasteiger partial charge in [0.05, 0.1) is 4.92 Å². The highest BCUT2D eigenvalue weighted by Gasteiger charge is 2.50. The van der Waals surface area contributed by atoms with Gasteiger partial charge in [-0.25, -0.2) is 12.8 Å². The Labute approximate surface area is 187 Å². The number of benzene rings is 3. The van der Waals surface area contributed by atoms with E-state index in [0.717, 1.165) is 17.0 Å². The molecule has 3 aromatic rings. The quantitative estimate of drug-likeness (QED) is 0.306. The maximum Gasteiger partial charge on any atom is 0.271 e. The molecule has 1 aliphatic heterocycles. The highest BCUT2D eigenvalue weighted by molar-refractivity contribution is 7.97. The molecule has 7 nitrogen and oxygen atoms in total. The number of non-ortho nitro benzene ring substituents is 1. The number of carbonyl (C=O) groups is 1. The molecule has 0 radical (unpaired) electrons. The van der Waals surface area contributed by atoms with E-state index < -0.39 is 36.8 Å². The highest BCUT2D eigenvalue weighted by atomic mass is 35.5. The number of carbonyl (C=O) groups excluding carboxylic acids is 1. The van der Waals surface area contributed by atoms with Crippen LogP contribution in [-0.2, 0) is 14.6 Å². The molecule has 1 unspecified atom stereocenters. The van der Waals surface area contributed by atoms with Gasteiger partial charge in [-0.2, -0.15) is 0 Å². The first kappa shape index (κ1) is 21.7. The Hall–Kier alpha value is -3.56. The fourth-order valence-electron chi connectivity index (χ4n) is 3.40. The predicted octanol–water partition coefficient (Wildman–Crippen LogP) is 4.89. The average Bonchev–Trinajstić information content (AvgIpc) is 2.96. The van der Waals surface area contributed by atoms with Crippen LogP contribution in [0, 0.1) is 15.9 Å². The largest absolute Gasteiger partial charge is 0.286 e. The van der Waals surface area contributed by atoms with Crippen molar-refractivity contribution in [2.45, 2.75) is 5.37 Å². The summed E-state index contributed by atoms with van der Waals surface area (Å²) in [5, 5.41) is 9.85. The Balaban J connectivity index is 1.87. The number of rotatable bonds is 4. The second-order valence-electron chi connectivity index (χ2n) is 6.96. The van der Waals surface area contributed by atoms with Crippen LogP contribution in [0.25, 0.3) is 6.08 Å². The zero-order valence-corrected chi connectivity index (χ0v) is 17.8. The number of sulfone groups is 1. The monoisotopic (exact) mass is 472 g/mol. The third-order valence-electron chi connectivity index (χ3n) is 4.93. The zero-order chi connectivity index (χ0) is 23.0. The number of nitrogens with zero attached hydrogens (tertiary/aromatic N) is 2. The van der Waals surface area contributed by atoms with Gasteiger partial charge in [-0.15, -0.1) is 0 Å². The summed E-state index contributed by atoms with van der Waals surface area (Å²) in [6.45, 7) is 0. The standard InChI is InChI=1S/C22H14ClFN2O5S/c23-16-5-11-18(12-6-16)25-21(27)20(13-14-1-9-19(10-2-14)26(28)29)32(30,31)22(25)15-3-7-17(24)8-4-15/h1-13,22H/b20-13+. The second-order valence-corrected chi connectivity index (χ2v) is 9.37. The number of halogens is 2. The maximum atomic E-state index is 13.5. The van der Waals surface area contributed by atoms with Crippen molar-refractivity contribution in [2.75, 3.05) is 4.90 Å². The van der Waals surface area contributed by atoms with Gasteiger partial charge in [0.1, 0.15) is 10.7 Å². The van der Waals surface area contributed by atoms with Crippen LogP contribution in [-0.4, -0.2) is 19.2 Å². The lowest BCUT2D eigenvalue weighted by Crippen LogP contribution is -2.28. The molecule has 0 saturated carbocycles. The Morgan fingerprint density at radius 1 is 0.969 bits per heavy atom. The van der Waals surface area contributed by atoms with Gasteiger partial charge in [0.2, 0.25) is 9.84 Å². The summed E-state index contributed by atoms with van der Waals surface area (Å²) in [5.41, 5.74) is 0.643. The van der Waals surface area contributed by atoms with Crippen LogP contribution in [0.15, 0.2) is 77.7 Å². The van der Waals surface area contributed by atoms with Crippen LogP contribution in [0.3, 0.4) is 0 Å². The van der Waals surface area contributed by atoms with E-state index in [1.165, 1.54) is 66.7 Å². The number of amides is 1. The SMILES string of the molecule is O=C1/C(=C\c2ccc([N+](=O)[O-])cc2)S(=O)(=O)C(c2ccc(F)cc2)N1c1ccc(Cl)cc1. The number of hydrogen-bond donors (Lipinski definition) is 0. The van der Waals surface area contributed by atoms with Crippen molar-refractivity contribution >= 4 is 44.8 Å². The molecule has 162 valence electrons. The number of nitro groups is 1. The Kier molecular flexibility index (Phi) is 5.53. The molecule has 0 N–H and O–H groups in total. The van der Waals surface area contributed by atoms with E-state index in [1.54, 1.807) is 0 Å². The molecule has 1 aliphatic rings. The van der Waals surface area contributed by atoms with Gasteiger partial charge in [0, 0.05) is 22.8 Å². The number of anilines is 1. The Bertz CT molecular complexity index is 1340. The summed E-state index contributed by atoms with van der Waals surface area (Å²) in [6.07, 6.45) is 1.17. The first-order chi connectivity index (χ1) is 15.2. The van der Waals surface area contributed by atoms with E-state index in [4.69, 9.17) is 11.6 Å². The summed E-state index contributed by atoms with van der Waals surface area (Å²) in [7, 11) is -4.23. The molecular formula is C22H14ClFN2O5S. The minimum atomic E-state index is -4.23. The fourth-order valence-corrected chi connectivity index (χ4v) is 5.42. The molecule has 1 fully saturated rings. The van der Waals surface area contributed by atoms with Crippen molar-refractivity contribution in [1.29, 1.82) is 0 Å². The van der Waals surface area contributed by atoms with E-state index in [1.807, 2.05) is 0 Å². The van der Waals surface area contributed by atoms with Crippen LogP contribution >= 0.6 is 11.6 Å². The second kappa shape index (κ2) is 8.18. The topological polar surface area (TPSA) is 97.6 Å². The van der Waals surface area contributed by atoms with Crippen molar-refractivity contribution in [3.05, 3.63) is 110 Å². The van der Waals surface area contributed by atoms with Crippen molar-refractivity contribution in [1.82, 2.24) is 0 Å². The lowest BCUT2D eigenvalue weighted by molar-refractivity contribution is -0.384. The minimum Gasteiger partial charge on any atom is -0.286 e. The van der Waals surface area contributed by atoms with E-state index in [2.05, 4.69) is 0 Å². The molecule has 1 atom stereocenters. The molecule has 0 spiro atoms. The molecule has 1 saturated heterocycles. The van der Waals surface area contributed by atoms with E-state index in [9.17, 15) is 27.7 Å². The third-order valence-corrected chi connectivity index (χ3v) is 7.15. The lowest BCUT2D eigenvalue weighted by Gasteiger charge is -2.23. The molecule has 10 heteroatoms. The van der Waals surface area contributed by atoms with Crippen LogP contribution < -0.4 is 4.90 Å². The Morgan fingerprint density at radius 3 is 2.12 bits per heavy atom. The van der Waals surface area contributed by atoms with Gasteiger partial charge in [-0.1, -0.05) is 23.7 Å². The molecule has 32 heavy (non-hydrogen) atoms. The summed E-state index contributed by atoms with van der Waals surface area (Å²) in [5.74, 6) is -1.32. The van der Waals surface area contributed by atoms with E-state index >= 15 is 0 Å². The van der Waals surface area contributed by atoms with Gasteiger partial charge in [0.25, 0.3) is 11.6 Å². The normalized spacial score (nSPS) is 18.8. The van der Waals surface area contributed by atoms with Gasteiger partial charge in [-0.3, -0.25) is 19.8 Å². The lowest BCUT2D eigenvalue weighted by atomic mass is 10.1. The molecule has 3 aromatic carbocycles. The minimum absolute atomic E-state index is 0.167. The molecule has 4 rings (SSSR count). The van der Waals surface area contributed by atoms with Crippen molar-refractivity contribution in [3.8, 4) is 0 Å². The van der Waals surface area contributed by atoms with Gasteiger partial charge in [0.15, 0.2) is 5.37 Å². The Morgan fingerprint density at radius 2 is 1.56 bits per heavy atom. The average molecular weight is 473 g/mol. The van der Waals surface area contributed by atoms with E-state index in [-0.39, 0.29) is 11.3 Å². The highest BCUT2D eigenvalue weighted by Crippen LogP contribution is 2.43. The van der Waals surface area contributed by atoms with Crippen LogP contribution in [0.5, 0.6) is 0 Å².